The van der Waals surface area contributed by atoms with Crippen LogP contribution in [-0.4, -0.2) is 30.1 Å². The molecule has 0 aliphatic carbocycles. The summed E-state index contributed by atoms with van der Waals surface area (Å²) in [5.74, 6) is 0.265. The number of halogens is 2. The van der Waals surface area contributed by atoms with Gasteiger partial charge in [0.1, 0.15) is 5.82 Å². The van der Waals surface area contributed by atoms with Gasteiger partial charge in [0.2, 0.25) is 0 Å². The summed E-state index contributed by atoms with van der Waals surface area (Å²) >= 11 is 0. The summed E-state index contributed by atoms with van der Waals surface area (Å²) in [6.07, 6.45) is 2.18. The average Bonchev–Trinajstić information content (AvgIpc) is 3.22. The van der Waals surface area contributed by atoms with Gasteiger partial charge in [0.05, 0.1) is 17.6 Å². The van der Waals surface area contributed by atoms with Crippen molar-refractivity contribution in [2.45, 2.75) is 32.0 Å². The highest BCUT2D eigenvalue weighted by molar-refractivity contribution is 14.0. The highest BCUT2D eigenvalue weighted by Gasteiger charge is 2.15. The number of hydrogen-bond donors (Lipinski definition) is 2. The molecule has 0 bridgehead atoms. The van der Waals surface area contributed by atoms with Crippen LogP contribution in [0.25, 0.3) is 0 Å². The second-order valence-electron chi connectivity index (χ2n) is 6.55. The smallest absolute Gasteiger partial charge is 0.269 e. The Balaban J connectivity index is 0.00000300. The van der Waals surface area contributed by atoms with Gasteiger partial charge in [-0.3, -0.25) is 10.1 Å². The number of hydrogen-bond acceptors (Lipinski definition) is 4. The van der Waals surface area contributed by atoms with Crippen LogP contribution in [0.1, 0.15) is 24.0 Å². The molecule has 2 aromatic carbocycles. The second-order valence-corrected chi connectivity index (χ2v) is 6.55. The topological polar surface area (TPSA) is 88.8 Å². The maximum Gasteiger partial charge on any atom is 0.269 e. The summed E-state index contributed by atoms with van der Waals surface area (Å²) in [6.45, 7) is 2.02. The van der Waals surface area contributed by atoms with Crippen LogP contribution in [0.5, 0.6) is 0 Å². The first-order chi connectivity index (χ1) is 13.6. The van der Waals surface area contributed by atoms with Gasteiger partial charge in [-0.25, -0.2) is 9.38 Å². The van der Waals surface area contributed by atoms with E-state index in [0.29, 0.717) is 31.2 Å². The quantitative estimate of drug-likeness (QED) is 0.193. The molecule has 1 unspecified atom stereocenters. The highest BCUT2D eigenvalue weighted by Crippen LogP contribution is 2.13. The van der Waals surface area contributed by atoms with E-state index < -0.39 is 4.92 Å². The molecule has 2 aromatic rings. The van der Waals surface area contributed by atoms with E-state index in [1.807, 2.05) is 0 Å². The van der Waals surface area contributed by atoms with Gasteiger partial charge in [-0.15, -0.1) is 24.0 Å². The summed E-state index contributed by atoms with van der Waals surface area (Å²) in [7, 11) is 0. The van der Waals surface area contributed by atoms with Crippen LogP contribution in [0.4, 0.5) is 10.1 Å². The minimum absolute atomic E-state index is 0. The molecule has 1 aliphatic heterocycles. The van der Waals surface area contributed by atoms with Crippen LogP contribution in [-0.2, 0) is 17.8 Å². The Morgan fingerprint density at radius 1 is 1.21 bits per heavy atom. The van der Waals surface area contributed by atoms with E-state index in [2.05, 4.69) is 15.6 Å². The summed E-state index contributed by atoms with van der Waals surface area (Å²) in [4.78, 5) is 14.8. The van der Waals surface area contributed by atoms with Crippen LogP contribution in [0.2, 0.25) is 0 Å². The van der Waals surface area contributed by atoms with Crippen molar-refractivity contribution in [1.29, 1.82) is 0 Å². The zero-order valence-electron chi connectivity index (χ0n) is 15.8. The van der Waals surface area contributed by atoms with Gasteiger partial charge in [0.25, 0.3) is 5.69 Å². The number of nitro benzene ring substituents is 1. The Labute approximate surface area is 185 Å². The number of nitrogens with zero attached hydrogens (tertiary/aromatic N) is 2. The SMILES string of the molecule is I.O=[N+]([O-])c1ccc(CN=C(NCc2ccccc2F)NCC2CCCO2)cc1. The van der Waals surface area contributed by atoms with Crippen molar-refractivity contribution in [3.63, 3.8) is 0 Å². The van der Waals surface area contributed by atoms with Crippen molar-refractivity contribution >= 4 is 35.6 Å². The molecular formula is C20H24FIN4O3. The van der Waals surface area contributed by atoms with Crippen LogP contribution < -0.4 is 10.6 Å². The van der Waals surface area contributed by atoms with Gasteiger partial charge in [-0.05, 0) is 24.5 Å². The molecule has 156 valence electrons. The molecule has 1 atom stereocenters. The molecule has 2 N–H and O–H groups in total. The van der Waals surface area contributed by atoms with Crippen molar-refractivity contribution in [2.24, 2.45) is 4.99 Å². The number of aliphatic imine (C=N–C) groups is 1. The third-order valence-electron chi connectivity index (χ3n) is 4.49. The van der Waals surface area contributed by atoms with Gasteiger partial charge in [0.15, 0.2) is 5.96 Å². The van der Waals surface area contributed by atoms with E-state index in [1.165, 1.54) is 18.2 Å². The van der Waals surface area contributed by atoms with E-state index in [-0.39, 0.29) is 41.6 Å². The zero-order chi connectivity index (χ0) is 19.8. The first-order valence-electron chi connectivity index (χ1n) is 9.22. The lowest BCUT2D eigenvalue weighted by molar-refractivity contribution is -0.384. The number of non-ortho nitro benzene ring substituents is 1. The van der Waals surface area contributed by atoms with E-state index in [4.69, 9.17) is 4.74 Å². The van der Waals surface area contributed by atoms with Crippen molar-refractivity contribution in [3.8, 4) is 0 Å². The molecule has 1 aliphatic rings. The molecule has 3 rings (SSSR count). The average molecular weight is 514 g/mol. The molecule has 0 aromatic heterocycles. The monoisotopic (exact) mass is 514 g/mol. The summed E-state index contributed by atoms with van der Waals surface area (Å²) in [6, 6.07) is 12.8. The van der Waals surface area contributed by atoms with Gasteiger partial charge >= 0.3 is 0 Å². The predicted octanol–water partition coefficient (Wildman–Crippen LogP) is 3.77. The highest BCUT2D eigenvalue weighted by atomic mass is 127. The maximum atomic E-state index is 13.9. The van der Waals surface area contributed by atoms with Crippen LogP contribution in [0, 0.1) is 15.9 Å². The molecule has 1 saturated heterocycles. The Morgan fingerprint density at radius 2 is 1.97 bits per heavy atom. The molecule has 1 fully saturated rings. The molecule has 0 spiro atoms. The molecule has 29 heavy (non-hydrogen) atoms. The second kappa shape index (κ2) is 11.7. The van der Waals surface area contributed by atoms with Crippen molar-refractivity contribution in [1.82, 2.24) is 10.6 Å². The number of nitrogens with one attached hydrogen (secondary N) is 2. The third kappa shape index (κ3) is 7.24. The fourth-order valence-electron chi connectivity index (χ4n) is 2.90. The normalized spacial score (nSPS) is 16.2. The number of benzene rings is 2. The van der Waals surface area contributed by atoms with Crippen LogP contribution >= 0.6 is 24.0 Å². The van der Waals surface area contributed by atoms with Gasteiger partial charge < -0.3 is 15.4 Å². The van der Waals surface area contributed by atoms with Gasteiger partial charge in [-0.2, -0.15) is 0 Å². The van der Waals surface area contributed by atoms with Gasteiger partial charge in [0, 0.05) is 37.4 Å². The lowest BCUT2D eigenvalue weighted by Gasteiger charge is -2.16. The summed E-state index contributed by atoms with van der Waals surface area (Å²) in [5, 5.41) is 17.1. The molecule has 0 radical (unpaired) electrons. The Bertz CT molecular complexity index is 827. The Morgan fingerprint density at radius 3 is 2.62 bits per heavy atom. The number of rotatable bonds is 7. The Hall–Kier alpha value is -2.27. The minimum Gasteiger partial charge on any atom is -0.376 e. The fraction of sp³-hybridized carbons (Fsp3) is 0.350. The largest absolute Gasteiger partial charge is 0.376 e. The first kappa shape index (κ1) is 23.0. The van der Waals surface area contributed by atoms with Crippen molar-refractivity contribution in [2.75, 3.05) is 13.2 Å². The zero-order valence-corrected chi connectivity index (χ0v) is 18.2. The molecule has 1 heterocycles. The lowest BCUT2D eigenvalue weighted by atomic mass is 10.2. The van der Waals surface area contributed by atoms with E-state index in [0.717, 1.165) is 25.0 Å². The molecule has 0 saturated carbocycles. The molecule has 0 amide bonds. The maximum absolute atomic E-state index is 13.9. The van der Waals surface area contributed by atoms with Crippen LogP contribution in [0.15, 0.2) is 53.5 Å². The number of nitro groups is 1. The lowest BCUT2D eigenvalue weighted by Crippen LogP contribution is -2.41. The van der Waals surface area contributed by atoms with Crippen LogP contribution in [0.3, 0.4) is 0 Å². The van der Waals surface area contributed by atoms with E-state index in [1.54, 1.807) is 30.3 Å². The third-order valence-corrected chi connectivity index (χ3v) is 4.49. The fourth-order valence-corrected chi connectivity index (χ4v) is 2.90. The summed E-state index contributed by atoms with van der Waals surface area (Å²) < 4.78 is 19.5. The Kier molecular flexibility index (Phi) is 9.26. The number of ether oxygens (including phenoxy) is 1. The van der Waals surface area contributed by atoms with Crippen molar-refractivity contribution in [3.05, 3.63) is 75.6 Å². The van der Waals surface area contributed by atoms with Crippen molar-refractivity contribution < 1.29 is 14.1 Å². The predicted molar refractivity (Wildman–Crippen MR) is 120 cm³/mol. The minimum atomic E-state index is -0.433. The molecule has 7 nitrogen and oxygen atoms in total. The van der Waals surface area contributed by atoms with Gasteiger partial charge in [-0.1, -0.05) is 30.3 Å². The molecular weight excluding hydrogens is 490 g/mol. The standard InChI is InChI=1S/C20H23FN4O3.HI/c21-19-6-2-1-4-16(19)13-23-20(24-14-18-5-3-11-28-18)22-12-15-7-9-17(10-8-15)25(26)27;/h1-2,4,6-10,18H,3,5,11-14H2,(H2,22,23,24);1H. The molecule has 9 heteroatoms. The number of guanidine groups is 1. The van der Waals surface area contributed by atoms with E-state index >= 15 is 0 Å². The van der Waals surface area contributed by atoms with E-state index in [9.17, 15) is 14.5 Å². The first-order valence-corrected chi connectivity index (χ1v) is 9.22. The summed E-state index contributed by atoms with van der Waals surface area (Å²) in [5.41, 5.74) is 1.43.